The van der Waals surface area contributed by atoms with Crippen LogP contribution in [0.15, 0.2) is 17.5 Å². The summed E-state index contributed by atoms with van der Waals surface area (Å²) in [7, 11) is 1.73. The van der Waals surface area contributed by atoms with Gasteiger partial charge >= 0.3 is 0 Å². The Balaban J connectivity index is 1.99. The van der Waals surface area contributed by atoms with E-state index in [-0.39, 0.29) is 5.91 Å². The summed E-state index contributed by atoms with van der Waals surface area (Å²) in [4.78, 5) is 17.6. The summed E-state index contributed by atoms with van der Waals surface area (Å²) in [6.45, 7) is 7.63. The number of piperazine rings is 1. The van der Waals surface area contributed by atoms with Crippen LogP contribution < -0.4 is 0 Å². The van der Waals surface area contributed by atoms with E-state index >= 15 is 0 Å². The fourth-order valence-electron chi connectivity index (χ4n) is 2.72. The van der Waals surface area contributed by atoms with E-state index in [9.17, 15) is 4.79 Å². The second kappa shape index (κ2) is 6.50. The average Bonchev–Trinajstić information content (AvgIpc) is 2.90. The number of thiophene rings is 1. The molecule has 106 valence electrons. The predicted molar refractivity (Wildman–Crippen MR) is 77.7 cm³/mol. The molecule has 1 aromatic rings. The van der Waals surface area contributed by atoms with Crippen LogP contribution in [0.4, 0.5) is 0 Å². The van der Waals surface area contributed by atoms with Crippen LogP contribution in [0.2, 0.25) is 0 Å². The van der Waals surface area contributed by atoms with Crippen molar-refractivity contribution < 1.29 is 9.53 Å². The molecule has 2 rings (SSSR count). The molecule has 1 saturated heterocycles. The van der Waals surface area contributed by atoms with Crippen LogP contribution in [0.25, 0.3) is 0 Å². The number of carbonyl (C=O) groups is 1. The van der Waals surface area contributed by atoms with Crippen molar-refractivity contribution in [1.29, 1.82) is 0 Å². The van der Waals surface area contributed by atoms with Gasteiger partial charge in [-0.15, -0.1) is 11.3 Å². The summed E-state index contributed by atoms with van der Waals surface area (Å²) in [6, 6.07) is 4.59. The van der Waals surface area contributed by atoms with Crippen molar-refractivity contribution in [2.24, 2.45) is 0 Å². The van der Waals surface area contributed by atoms with Gasteiger partial charge in [0.15, 0.2) is 0 Å². The quantitative estimate of drug-likeness (QED) is 0.846. The summed E-state index contributed by atoms with van der Waals surface area (Å²) in [6.07, 6.45) is 0. The molecule has 2 unspecified atom stereocenters. The van der Waals surface area contributed by atoms with Crippen molar-refractivity contribution in [3.05, 3.63) is 22.4 Å². The minimum atomic E-state index is 0.167. The highest BCUT2D eigenvalue weighted by Gasteiger charge is 2.31. The molecule has 0 spiro atoms. The lowest BCUT2D eigenvalue weighted by Gasteiger charge is -2.44. The maximum absolute atomic E-state index is 12.4. The zero-order chi connectivity index (χ0) is 13.8. The highest BCUT2D eigenvalue weighted by Crippen LogP contribution is 2.19. The molecule has 1 aliphatic rings. The Hall–Kier alpha value is -0.910. The van der Waals surface area contributed by atoms with Gasteiger partial charge in [0.25, 0.3) is 5.91 Å². The minimum absolute atomic E-state index is 0.167. The smallest absolute Gasteiger partial charge is 0.264 e. The average molecular weight is 282 g/mol. The summed E-state index contributed by atoms with van der Waals surface area (Å²) >= 11 is 1.52. The first-order chi connectivity index (χ1) is 9.13. The first-order valence-electron chi connectivity index (χ1n) is 6.71. The lowest BCUT2D eigenvalue weighted by molar-refractivity contribution is 0.0196. The van der Waals surface area contributed by atoms with Gasteiger partial charge in [0, 0.05) is 38.8 Å². The van der Waals surface area contributed by atoms with E-state index < -0.39 is 0 Å². The van der Waals surface area contributed by atoms with Gasteiger partial charge in [-0.3, -0.25) is 9.69 Å². The molecule has 0 N–H and O–H groups in total. The zero-order valence-corrected chi connectivity index (χ0v) is 12.7. The largest absolute Gasteiger partial charge is 0.383 e. The topological polar surface area (TPSA) is 32.8 Å². The summed E-state index contributed by atoms with van der Waals surface area (Å²) in [5.74, 6) is 0.167. The van der Waals surface area contributed by atoms with Crippen LogP contribution in [-0.2, 0) is 4.74 Å². The van der Waals surface area contributed by atoms with Crippen LogP contribution in [0.1, 0.15) is 23.5 Å². The van der Waals surface area contributed by atoms with Crippen molar-refractivity contribution in [2.75, 3.05) is 33.4 Å². The third kappa shape index (κ3) is 3.35. The molecular formula is C14H22N2O2S. The SMILES string of the molecule is COCCN1C(C)CN(C(=O)c2cccs2)CC1C. The molecule has 1 amide bonds. The van der Waals surface area contributed by atoms with Crippen molar-refractivity contribution in [1.82, 2.24) is 9.80 Å². The molecule has 2 heterocycles. The van der Waals surface area contributed by atoms with Crippen molar-refractivity contribution in [3.63, 3.8) is 0 Å². The summed E-state index contributed by atoms with van der Waals surface area (Å²) in [5.41, 5.74) is 0. The Morgan fingerprint density at radius 3 is 2.63 bits per heavy atom. The van der Waals surface area contributed by atoms with E-state index in [1.54, 1.807) is 7.11 Å². The molecule has 0 saturated carbocycles. The molecule has 0 radical (unpaired) electrons. The number of methoxy groups -OCH3 is 1. The predicted octanol–water partition coefficient (Wildman–Crippen LogP) is 1.93. The Morgan fingerprint density at radius 1 is 1.42 bits per heavy atom. The summed E-state index contributed by atoms with van der Waals surface area (Å²) in [5, 5.41) is 1.95. The van der Waals surface area contributed by atoms with E-state index in [1.165, 1.54) is 11.3 Å². The Bertz CT molecular complexity index is 396. The van der Waals surface area contributed by atoms with E-state index in [4.69, 9.17) is 4.74 Å². The van der Waals surface area contributed by atoms with Crippen LogP contribution in [0.5, 0.6) is 0 Å². The second-order valence-corrected chi connectivity index (χ2v) is 6.06. The molecule has 1 fully saturated rings. The van der Waals surface area contributed by atoms with Gasteiger partial charge in [0.05, 0.1) is 11.5 Å². The van der Waals surface area contributed by atoms with Crippen LogP contribution in [0, 0.1) is 0 Å². The standard InChI is InChI=1S/C14H22N2O2S/c1-11-9-15(14(17)13-5-4-8-19-13)10-12(2)16(11)6-7-18-3/h4-5,8,11-12H,6-7,9-10H2,1-3H3. The number of rotatable bonds is 4. The molecule has 19 heavy (non-hydrogen) atoms. The van der Waals surface area contributed by atoms with Gasteiger partial charge in [0.1, 0.15) is 0 Å². The molecule has 0 aliphatic carbocycles. The normalized spacial score (nSPS) is 24.7. The lowest BCUT2D eigenvalue weighted by atomic mass is 10.1. The number of hydrogen-bond acceptors (Lipinski definition) is 4. The highest BCUT2D eigenvalue weighted by molar-refractivity contribution is 7.12. The molecule has 1 aromatic heterocycles. The molecule has 5 heteroatoms. The molecule has 0 aromatic carbocycles. The molecular weight excluding hydrogens is 260 g/mol. The van der Waals surface area contributed by atoms with Crippen molar-refractivity contribution >= 4 is 17.2 Å². The first kappa shape index (κ1) is 14.5. The van der Waals surface area contributed by atoms with Gasteiger partial charge in [-0.1, -0.05) is 6.07 Å². The van der Waals surface area contributed by atoms with Crippen molar-refractivity contribution in [2.45, 2.75) is 25.9 Å². The zero-order valence-electron chi connectivity index (χ0n) is 11.8. The number of carbonyl (C=O) groups excluding carboxylic acids is 1. The third-order valence-corrected chi connectivity index (χ3v) is 4.53. The number of hydrogen-bond donors (Lipinski definition) is 0. The Kier molecular flexibility index (Phi) is 4.96. The van der Waals surface area contributed by atoms with E-state index in [1.807, 2.05) is 22.4 Å². The fraction of sp³-hybridized carbons (Fsp3) is 0.643. The number of ether oxygens (including phenoxy) is 1. The van der Waals surface area contributed by atoms with Crippen LogP contribution in [-0.4, -0.2) is 61.1 Å². The number of nitrogens with zero attached hydrogens (tertiary/aromatic N) is 2. The number of amides is 1. The maximum Gasteiger partial charge on any atom is 0.264 e. The maximum atomic E-state index is 12.4. The Morgan fingerprint density at radius 2 is 2.11 bits per heavy atom. The summed E-state index contributed by atoms with van der Waals surface area (Å²) < 4.78 is 5.15. The molecule has 4 nitrogen and oxygen atoms in total. The van der Waals surface area contributed by atoms with Gasteiger partial charge in [-0.05, 0) is 25.3 Å². The lowest BCUT2D eigenvalue weighted by Crippen LogP contribution is -2.58. The van der Waals surface area contributed by atoms with Gasteiger partial charge in [-0.2, -0.15) is 0 Å². The molecule has 0 bridgehead atoms. The van der Waals surface area contributed by atoms with E-state index in [0.29, 0.717) is 12.1 Å². The minimum Gasteiger partial charge on any atom is -0.383 e. The second-order valence-electron chi connectivity index (χ2n) is 5.12. The monoisotopic (exact) mass is 282 g/mol. The third-order valence-electron chi connectivity index (χ3n) is 3.67. The fourth-order valence-corrected chi connectivity index (χ4v) is 3.41. The van der Waals surface area contributed by atoms with Crippen LogP contribution in [0.3, 0.4) is 0 Å². The van der Waals surface area contributed by atoms with Gasteiger partial charge in [-0.25, -0.2) is 0 Å². The van der Waals surface area contributed by atoms with Gasteiger partial charge in [0.2, 0.25) is 0 Å². The first-order valence-corrected chi connectivity index (χ1v) is 7.59. The molecule has 1 aliphatic heterocycles. The van der Waals surface area contributed by atoms with Crippen molar-refractivity contribution in [3.8, 4) is 0 Å². The van der Waals surface area contributed by atoms with Crippen LogP contribution >= 0.6 is 11.3 Å². The highest BCUT2D eigenvalue weighted by atomic mass is 32.1. The van der Waals surface area contributed by atoms with E-state index in [0.717, 1.165) is 31.1 Å². The van der Waals surface area contributed by atoms with Gasteiger partial charge < -0.3 is 9.64 Å². The Labute approximate surface area is 119 Å². The molecule has 2 atom stereocenters. The van der Waals surface area contributed by atoms with E-state index in [2.05, 4.69) is 18.7 Å².